The molecular weight excluding hydrogens is 245 g/mol. The first-order chi connectivity index (χ1) is 8.46. The van der Waals surface area contributed by atoms with Gasteiger partial charge in [0.2, 0.25) is 5.91 Å². The first-order valence-electron chi connectivity index (χ1n) is 6.57. The van der Waals surface area contributed by atoms with Crippen molar-refractivity contribution in [3.05, 3.63) is 0 Å². The topological polar surface area (TPSA) is 32.3 Å². The van der Waals surface area contributed by atoms with Gasteiger partial charge in [0.05, 0.1) is 6.04 Å². The van der Waals surface area contributed by atoms with E-state index in [1.807, 2.05) is 0 Å². The molecule has 6 heteroatoms. The summed E-state index contributed by atoms with van der Waals surface area (Å²) in [5.41, 5.74) is 0. The van der Waals surface area contributed by atoms with Gasteiger partial charge in [-0.2, -0.15) is 13.2 Å². The summed E-state index contributed by atoms with van der Waals surface area (Å²) in [6, 6.07) is 0.284. The van der Waals surface area contributed by atoms with Crippen LogP contribution in [0.1, 0.15) is 38.5 Å². The van der Waals surface area contributed by atoms with Gasteiger partial charge in [0.1, 0.15) is 0 Å². The van der Waals surface area contributed by atoms with Crippen molar-refractivity contribution in [2.75, 3.05) is 13.1 Å². The Balaban J connectivity index is 1.75. The molecule has 1 amide bonds. The molecule has 0 bridgehead atoms. The molecule has 1 N–H and O–H groups in total. The highest BCUT2D eigenvalue weighted by atomic mass is 19.4. The zero-order valence-electron chi connectivity index (χ0n) is 10.3. The molecule has 0 aromatic carbocycles. The molecule has 1 unspecified atom stereocenters. The zero-order chi connectivity index (χ0) is 13.2. The van der Waals surface area contributed by atoms with Gasteiger partial charge in [0.25, 0.3) is 0 Å². The molecular formula is C12H19F3N2O. The van der Waals surface area contributed by atoms with Crippen LogP contribution in [0.25, 0.3) is 0 Å². The van der Waals surface area contributed by atoms with Gasteiger partial charge in [-0.3, -0.25) is 4.79 Å². The fraction of sp³-hybridized carbons (Fsp3) is 0.917. The fourth-order valence-corrected chi connectivity index (χ4v) is 2.32. The zero-order valence-corrected chi connectivity index (χ0v) is 10.3. The summed E-state index contributed by atoms with van der Waals surface area (Å²) in [4.78, 5) is 13.6. The van der Waals surface area contributed by atoms with E-state index in [0.29, 0.717) is 12.6 Å². The van der Waals surface area contributed by atoms with Crippen molar-refractivity contribution in [3.63, 3.8) is 0 Å². The summed E-state index contributed by atoms with van der Waals surface area (Å²) in [5.74, 6) is -0.0182. The van der Waals surface area contributed by atoms with Crippen LogP contribution >= 0.6 is 0 Å². The van der Waals surface area contributed by atoms with Gasteiger partial charge in [0, 0.05) is 25.6 Å². The first kappa shape index (κ1) is 13.6. The molecule has 0 aromatic rings. The van der Waals surface area contributed by atoms with Crippen LogP contribution < -0.4 is 5.32 Å². The lowest BCUT2D eigenvalue weighted by Gasteiger charge is -2.33. The number of hydrogen-bond acceptors (Lipinski definition) is 2. The molecule has 1 aliphatic heterocycles. The minimum Gasteiger partial charge on any atom is -0.341 e. The Hall–Kier alpha value is -0.780. The largest absolute Gasteiger partial charge is 0.389 e. The van der Waals surface area contributed by atoms with E-state index in [0.717, 1.165) is 25.7 Å². The Morgan fingerprint density at radius 2 is 2.00 bits per heavy atom. The van der Waals surface area contributed by atoms with E-state index in [-0.39, 0.29) is 24.9 Å². The highest BCUT2D eigenvalue weighted by molar-refractivity contribution is 5.82. The van der Waals surface area contributed by atoms with Gasteiger partial charge >= 0.3 is 6.18 Å². The van der Waals surface area contributed by atoms with Crippen LogP contribution in [0.2, 0.25) is 0 Å². The number of carbonyl (C=O) groups excluding carboxylic acids is 1. The molecule has 0 aromatic heterocycles. The second-order valence-electron chi connectivity index (χ2n) is 5.18. The molecule has 1 heterocycles. The van der Waals surface area contributed by atoms with E-state index >= 15 is 0 Å². The maximum Gasteiger partial charge on any atom is 0.389 e. The predicted octanol–water partition coefficient (Wildman–Crippen LogP) is 2.07. The maximum absolute atomic E-state index is 12.0. The average Bonchev–Trinajstić information content (AvgIpc) is 3.06. The van der Waals surface area contributed by atoms with Crippen molar-refractivity contribution in [2.24, 2.45) is 0 Å². The highest BCUT2D eigenvalue weighted by Crippen LogP contribution is 2.24. The van der Waals surface area contributed by atoms with Crippen LogP contribution in [-0.2, 0) is 4.79 Å². The molecule has 2 fully saturated rings. The SMILES string of the molecule is O=C1C(NC2CC2)CCCN1CCCC(F)(F)F. The number of nitrogens with zero attached hydrogens (tertiary/aromatic N) is 1. The third-order valence-corrected chi connectivity index (χ3v) is 3.43. The molecule has 18 heavy (non-hydrogen) atoms. The van der Waals surface area contributed by atoms with Crippen LogP contribution in [0.15, 0.2) is 0 Å². The Labute approximate surface area is 105 Å². The van der Waals surface area contributed by atoms with Crippen molar-refractivity contribution in [2.45, 2.75) is 56.8 Å². The molecule has 0 spiro atoms. The number of alkyl halides is 3. The fourth-order valence-electron chi connectivity index (χ4n) is 2.32. The maximum atomic E-state index is 12.0. The van der Waals surface area contributed by atoms with Crippen LogP contribution in [-0.4, -0.2) is 42.2 Å². The molecule has 3 nitrogen and oxygen atoms in total. The quantitative estimate of drug-likeness (QED) is 0.824. The van der Waals surface area contributed by atoms with E-state index in [1.54, 1.807) is 4.90 Å². The second kappa shape index (κ2) is 5.47. The summed E-state index contributed by atoms with van der Waals surface area (Å²) in [6.45, 7) is 0.820. The predicted molar refractivity (Wildman–Crippen MR) is 61.0 cm³/mol. The number of piperidine rings is 1. The van der Waals surface area contributed by atoms with Gasteiger partial charge in [-0.1, -0.05) is 0 Å². The summed E-state index contributed by atoms with van der Waals surface area (Å²) in [7, 11) is 0. The normalized spacial score (nSPS) is 25.6. The number of likely N-dealkylation sites (tertiary alicyclic amines) is 1. The van der Waals surface area contributed by atoms with Crippen molar-refractivity contribution in [1.29, 1.82) is 0 Å². The minimum absolute atomic E-state index is 0.00535. The van der Waals surface area contributed by atoms with Gasteiger partial charge in [-0.15, -0.1) is 0 Å². The average molecular weight is 264 g/mol. The van der Waals surface area contributed by atoms with Crippen LogP contribution in [0.5, 0.6) is 0 Å². The highest BCUT2D eigenvalue weighted by Gasteiger charge is 2.34. The Kier molecular flexibility index (Phi) is 4.14. The summed E-state index contributed by atoms with van der Waals surface area (Å²) in [5, 5.41) is 3.27. The van der Waals surface area contributed by atoms with E-state index in [9.17, 15) is 18.0 Å². The van der Waals surface area contributed by atoms with Crippen LogP contribution in [0, 0.1) is 0 Å². The lowest BCUT2D eigenvalue weighted by molar-refractivity contribution is -0.142. The number of nitrogens with one attached hydrogen (secondary N) is 1. The summed E-state index contributed by atoms with van der Waals surface area (Å²) in [6.07, 6.45) is -1.02. The number of carbonyl (C=O) groups is 1. The van der Waals surface area contributed by atoms with Crippen molar-refractivity contribution < 1.29 is 18.0 Å². The smallest absolute Gasteiger partial charge is 0.341 e. The third kappa shape index (κ3) is 4.15. The molecule has 0 radical (unpaired) electrons. The number of hydrogen-bond donors (Lipinski definition) is 1. The number of rotatable bonds is 5. The second-order valence-corrected chi connectivity index (χ2v) is 5.18. The molecule has 1 saturated carbocycles. The lowest BCUT2D eigenvalue weighted by Crippen LogP contribution is -2.51. The van der Waals surface area contributed by atoms with Gasteiger partial charge in [-0.25, -0.2) is 0 Å². The van der Waals surface area contributed by atoms with Crippen LogP contribution in [0.4, 0.5) is 13.2 Å². The molecule has 2 aliphatic rings. The van der Waals surface area contributed by atoms with Crippen molar-refractivity contribution >= 4 is 5.91 Å². The molecule has 104 valence electrons. The van der Waals surface area contributed by atoms with Gasteiger partial charge < -0.3 is 10.2 Å². The Morgan fingerprint density at radius 3 is 2.61 bits per heavy atom. The third-order valence-electron chi connectivity index (χ3n) is 3.43. The van der Waals surface area contributed by atoms with Gasteiger partial charge in [-0.05, 0) is 32.1 Å². The standard InChI is InChI=1S/C12H19F3N2O/c13-12(14,15)6-2-8-17-7-1-3-10(11(17)18)16-9-4-5-9/h9-10,16H,1-8H2. The van der Waals surface area contributed by atoms with E-state index in [1.165, 1.54) is 0 Å². The minimum atomic E-state index is -4.12. The Bertz CT molecular complexity index is 302. The van der Waals surface area contributed by atoms with Crippen molar-refractivity contribution in [3.8, 4) is 0 Å². The van der Waals surface area contributed by atoms with Crippen LogP contribution in [0.3, 0.4) is 0 Å². The van der Waals surface area contributed by atoms with Gasteiger partial charge in [0.15, 0.2) is 0 Å². The van der Waals surface area contributed by atoms with E-state index < -0.39 is 12.6 Å². The molecule has 2 rings (SSSR count). The monoisotopic (exact) mass is 264 g/mol. The Morgan fingerprint density at radius 1 is 1.28 bits per heavy atom. The van der Waals surface area contributed by atoms with Crippen molar-refractivity contribution in [1.82, 2.24) is 10.2 Å². The summed E-state index contributed by atoms with van der Waals surface area (Å²) >= 11 is 0. The first-order valence-corrected chi connectivity index (χ1v) is 6.57. The number of amides is 1. The molecule has 1 aliphatic carbocycles. The summed E-state index contributed by atoms with van der Waals surface area (Å²) < 4.78 is 36.1. The van der Waals surface area contributed by atoms with E-state index in [2.05, 4.69) is 5.32 Å². The van der Waals surface area contributed by atoms with E-state index in [4.69, 9.17) is 0 Å². The number of halogens is 3. The lowest BCUT2D eigenvalue weighted by atomic mass is 10.0. The molecule has 1 atom stereocenters. The molecule has 1 saturated heterocycles.